The Morgan fingerprint density at radius 1 is 0.875 bits per heavy atom. The SMILES string of the molecule is CCN1CCN(c2nc(/C=C/c3cncc(N4CCOCC4)n3)cc3ccccc23)CC1. The molecule has 32 heavy (non-hydrogen) atoms. The maximum absolute atomic E-state index is 5.45. The predicted octanol–water partition coefficient (Wildman–Crippen LogP) is 3.17. The van der Waals surface area contributed by atoms with Gasteiger partial charge >= 0.3 is 0 Å². The van der Waals surface area contributed by atoms with Gasteiger partial charge in [-0.3, -0.25) is 4.98 Å². The van der Waals surface area contributed by atoms with Crippen LogP contribution in [0.1, 0.15) is 18.3 Å². The fourth-order valence-electron chi connectivity index (χ4n) is 4.37. The quantitative estimate of drug-likeness (QED) is 0.616. The predicted molar refractivity (Wildman–Crippen MR) is 130 cm³/mol. The number of hydrogen-bond acceptors (Lipinski definition) is 7. The van der Waals surface area contributed by atoms with Crippen molar-refractivity contribution in [2.24, 2.45) is 0 Å². The monoisotopic (exact) mass is 430 g/mol. The van der Waals surface area contributed by atoms with Crippen molar-refractivity contribution in [1.29, 1.82) is 0 Å². The number of aromatic nitrogens is 3. The lowest BCUT2D eigenvalue weighted by Gasteiger charge is -2.35. The van der Waals surface area contributed by atoms with Crippen LogP contribution < -0.4 is 9.80 Å². The van der Waals surface area contributed by atoms with Crippen LogP contribution >= 0.6 is 0 Å². The van der Waals surface area contributed by atoms with Gasteiger partial charge in [-0.25, -0.2) is 9.97 Å². The standard InChI is InChI=1S/C25H30N6O/c1-2-29-9-11-31(12-10-29)25-23-6-4-3-5-20(23)17-21(28-25)7-8-22-18-26-19-24(27-22)30-13-15-32-16-14-30/h3-8,17-19H,2,9-16H2,1H3/b8-7+. The van der Waals surface area contributed by atoms with Crippen LogP contribution in [0.3, 0.4) is 0 Å². The molecule has 0 unspecified atom stereocenters. The van der Waals surface area contributed by atoms with Crippen molar-refractivity contribution >= 4 is 34.6 Å². The molecule has 2 aliphatic rings. The Bertz CT molecular complexity index is 1090. The van der Waals surface area contributed by atoms with Crippen molar-refractivity contribution in [2.45, 2.75) is 6.92 Å². The number of fused-ring (bicyclic) bond motifs is 1. The molecule has 5 rings (SSSR count). The molecular weight excluding hydrogens is 400 g/mol. The Kier molecular flexibility index (Phi) is 6.27. The van der Waals surface area contributed by atoms with E-state index >= 15 is 0 Å². The molecule has 0 spiro atoms. The van der Waals surface area contributed by atoms with Gasteiger partial charge in [0.25, 0.3) is 0 Å². The number of anilines is 2. The average molecular weight is 431 g/mol. The topological polar surface area (TPSA) is 57.6 Å². The number of ether oxygens (including phenoxy) is 1. The maximum atomic E-state index is 5.45. The third-order valence-electron chi connectivity index (χ3n) is 6.26. The highest BCUT2D eigenvalue weighted by Crippen LogP contribution is 2.27. The van der Waals surface area contributed by atoms with Crippen LogP contribution in [0, 0.1) is 0 Å². The number of morpholine rings is 1. The summed E-state index contributed by atoms with van der Waals surface area (Å²) in [6, 6.07) is 10.7. The van der Waals surface area contributed by atoms with Gasteiger partial charge in [-0.2, -0.15) is 0 Å². The molecule has 0 N–H and O–H groups in total. The first-order valence-corrected chi connectivity index (χ1v) is 11.5. The van der Waals surface area contributed by atoms with Crippen molar-refractivity contribution in [2.75, 3.05) is 68.8 Å². The van der Waals surface area contributed by atoms with Gasteiger partial charge in [0.05, 0.1) is 37.0 Å². The third-order valence-corrected chi connectivity index (χ3v) is 6.26. The molecule has 0 radical (unpaired) electrons. The normalized spacial score (nSPS) is 18.0. The number of rotatable bonds is 5. The molecule has 4 heterocycles. The van der Waals surface area contributed by atoms with E-state index < -0.39 is 0 Å². The molecule has 0 aliphatic carbocycles. The van der Waals surface area contributed by atoms with E-state index in [1.807, 2.05) is 18.3 Å². The summed E-state index contributed by atoms with van der Waals surface area (Å²) in [6.45, 7) is 10.7. The lowest BCUT2D eigenvalue weighted by molar-refractivity contribution is 0.122. The second-order valence-electron chi connectivity index (χ2n) is 8.25. The Balaban J connectivity index is 1.41. The molecule has 0 atom stereocenters. The van der Waals surface area contributed by atoms with E-state index in [4.69, 9.17) is 14.7 Å². The van der Waals surface area contributed by atoms with E-state index in [0.29, 0.717) is 0 Å². The molecule has 166 valence electrons. The third kappa shape index (κ3) is 4.59. The van der Waals surface area contributed by atoms with Gasteiger partial charge in [0.1, 0.15) is 11.6 Å². The highest BCUT2D eigenvalue weighted by Gasteiger charge is 2.19. The van der Waals surface area contributed by atoms with E-state index in [0.717, 1.165) is 82.1 Å². The van der Waals surface area contributed by atoms with Crippen molar-refractivity contribution in [3.63, 3.8) is 0 Å². The Morgan fingerprint density at radius 3 is 2.47 bits per heavy atom. The van der Waals surface area contributed by atoms with Gasteiger partial charge < -0.3 is 19.4 Å². The minimum atomic E-state index is 0.734. The zero-order chi connectivity index (χ0) is 21.8. The summed E-state index contributed by atoms with van der Waals surface area (Å²) in [5.41, 5.74) is 1.78. The van der Waals surface area contributed by atoms with Gasteiger partial charge in [-0.15, -0.1) is 0 Å². The first kappa shape index (κ1) is 20.8. The fourth-order valence-corrected chi connectivity index (χ4v) is 4.37. The van der Waals surface area contributed by atoms with E-state index in [-0.39, 0.29) is 0 Å². The van der Waals surface area contributed by atoms with Crippen molar-refractivity contribution < 1.29 is 4.74 Å². The largest absolute Gasteiger partial charge is 0.378 e. The number of pyridine rings is 1. The second kappa shape index (κ2) is 9.63. The van der Waals surface area contributed by atoms with Crippen LogP contribution in [-0.4, -0.2) is 78.9 Å². The average Bonchev–Trinajstić information content (AvgIpc) is 2.88. The summed E-state index contributed by atoms with van der Waals surface area (Å²) in [4.78, 5) is 21.4. The second-order valence-corrected chi connectivity index (χ2v) is 8.25. The number of piperazine rings is 1. The lowest BCUT2D eigenvalue weighted by Crippen LogP contribution is -2.46. The molecule has 0 amide bonds. The zero-order valence-electron chi connectivity index (χ0n) is 18.7. The van der Waals surface area contributed by atoms with Crippen LogP contribution in [0.5, 0.6) is 0 Å². The highest BCUT2D eigenvalue weighted by atomic mass is 16.5. The summed E-state index contributed by atoms with van der Waals surface area (Å²) >= 11 is 0. The molecule has 0 bridgehead atoms. The molecule has 3 aromatic rings. The first-order valence-electron chi connectivity index (χ1n) is 11.5. The van der Waals surface area contributed by atoms with Crippen LogP contribution in [-0.2, 0) is 4.74 Å². The van der Waals surface area contributed by atoms with E-state index in [2.05, 4.69) is 56.9 Å². The fraction of sp³-hybridized carbons (Fsp3) is 0.400. The van der Waals surface area contributed by atoms with E-state index in [1.165, 1.54) is 10.8 Å². The van der Waals surface area contributed by atoms with Gasteiger partial charge in [-0.1, -0.05) is 31.2 Å². The minimum Gasteiger partial charge on any atom is -0.378 e. The first-order chi connectivity index (χ1) is 15.8. The molecule has 2 aromatic heterocycles. The molecule has 0 saturated carbocycles. The number of nitrogens with zero attached hydrogens (tertiary/aromatic N) is 6. The van der Waals surface area contributed by atoms with Crippen LogP contribution in [0.15, 0.2) is 42.7 Å². The van der Waals surface area contributed by atoms with Crippen LogP contribution in [0.2, 0.25) is 0 Å². The van der Waals surface area contributed by atoms with E-state index in [1.54, 1.807) is 6.20 Å². The van der Waals surface area contributed by atoms with Crippen molar-refractivity contribution in [3.8, 4) is 0 Å². The number of benzene rings is 1. The summed E-state index contributed by atoms with van der Waals surface area (Å²) < 4.78 is 5.45. The van der Waals surface area contributed by atoms with Crippen LogP contribution in [0.25, 0.3) is 22.9 Å². The van der Waals surface area contributed by atoms with Crippen molar-refractivity contribution in [1.82, 2.24) is 19.9 Å². The van der Waals surface area contributed by atoms with Gasteiger partial charge in [0.15, 0.2) is 0 Å². The summed E-state index contributed by atoms with van der Waals surface area (Å²) in [5.74, 6) is 1.98. The Morgan fingerprint density at radius 2 is 1.66 bits per heavy atom. The highest BCUT2D eigenvalue weighted by molar-refractivity contribution is 5.94. The molecule has 2 saturated heterocycles. The molecule has 2 fully saturated rings. The Hall–Kier alpha value is -3.03. The van der Waals surface area contributed by atoms with Crippen molar-refractivity contribution in [3.05, 3.63) is 54.1 Å². The number of likely N-dealkylation sites (N-methyl/N-ethyl adjacent to an activating group) is 1. The summed E-state index contributed by atoms with van der Waals surface area (Å²) in [5, 5.41) is 2.42. The Labute approximate surface area is 189 Å². The number of hydrogen-bond donors (Lipinski definition) is 0. The lowest BCUT2D eigenvalue weighted by atomic mass is 10.1. The van der Waals surface area contributed by atoms with Crippen LogP contribution in [0.4, 0.5) is 11.6 Å². The van der Waals surface area contributed by atoms with E-state index in [9.17, 15) is 0 Å². The summed E-state index contributed by atoms with van der Waals surface area (Å²) in [6.07, 6.45) is 7.68. The van der Waals surface area contributed by atoms with Gasteiger partial charge in [0.2, 0.25) is 0 Å². The van der Waals surface area contributed by atoms with Gasteiger partial charge in [-0.05, 0) is 30.1 Å². The zero-order valence-corrected chi connectivity index (χ0v) is 18.7. The minimum absolute atomic E-state index is 0.734. The van der Waals surface area contributed by atoms with Gasteiger partial charge in [0, 0.05) is 44.7 Å². The maximum Gasteiger partial charge on any atom is 0.147 e. The molecule has 7 nitrogen and oxygen atoms in total. The smallest absolute Gasteiger partial charge is 0.147 e. The molecule has 1 aromatic carbocycles. The molecular formula is C25H30N6O. The summed E-state index contributed by atoms with van der Waals surface area (Å²) in [7, 11) is 0. The molecule has 2 aliphatic heterocycles. The molecule has 7 heteroatoms.